The summed E-state index contributed by atoms with van der Waals surface area (Å²) >= 11 is 12.7. The zero-order valence-electron chi connectivity index (χ0n) is 10.3. The fourth-order valence-electron chi connectivity index (χ4n) is 1.57. The largest absolute Gasteiger partial charge is 0.351 e. The van der Waals surface area contributed by atoms with Gasteiger partial charge in [0.05, 0.1) is 5.56 Å². The summed E-state index contributed by atoms with van der Waals surface area (Å²) < 4.78 is 0.711. The first kappa shape index (κ1) is 16.0. The third-order valence-electron chi connectivity index (χ3n) is 2.39. The molecule has 1 rings (SSSR count). The first-order valence-electron chi connectivity index (χ1n) is 5.77. The monoisotopic (exact) mass is 395 g/mol. The van der Waals surface area contributed by atoms with Crippen LogP contribution >= 0.6 is 43.5 Å². The predicted molar refractivity (Wildman–Crippen MR) is 83.7 cm³/mol. The molecule has 0 heterocycles. The number of alkyl halides is 1. The standard InChI is InChI=1S/C13H16Br2ClNO/c1-8(2)5-9(14)7-17-13(18)11-4-3-10(16)6-12(11)15/h3-4,6,8-9H,5,7H2,1-2H3,(H,17,18). The highest BCUT2D eigenvalue weighted by molar-refractivity contribution is 9.10. The van der Waals surface area contributed by atoms with Crippen LogP contribution in [0.3, 0.4) is 0 Å². The van der Waals surface area contributed by atoms with Gasteiger partial charge in [-0.05, 0) is 46.5 Å². The Hall–Kier alpha value is -0.0600. The molecule has 0 aliphatic carbocycles. The number of benzene rings is 1. The van der Waals surface area contributed by atoms with Crippen molar-refractivity contribution in [3.8, 4) is 0 Å². The van der Waals surface area contributed by atoms with Crippen LogP contribution in [0.4, 0.5) is 0 Å². The quantitative estimate of drug-likeness (QED) is 0.721. The average Bonchev–Trinajstić information content (AvgIpc) is 2.25. The highest BCUT2D eigenvalue weighted by atomic mass is 79.9. The molecule has 1 N–H and O–H groups in total. The fraction of sp³-hybridized carbons (Fsp3) is 0.462. The Morgan fingerprint density at radius 2 is 2.11 bits per heavy atom. The first-order valence-corrected chi connectivity index (χ1v) is 7.86. The molecule has 0 fully saturated rings. The molecule has 0 bridgehead atoms. The Labute approximate surface area is 130 Å². The van der Waals surface area contributed by atoms with E-state index in [1.54, 1.807) is 18.2 Å². The van der Waals surface area contributed by atoms with Crippen molar-refractivity contribution in [2.24, 2.45) is 5.92 Å². The van der Waals surface area contributed by atoms with Crippen molar-refractivity contribution in [1.82, 2.24) is 5.32 Å². The number of hydrogen-bond acceptors (Lipinski definition) is 1. The van der Waals surface area contributed by atoms with Crippen LogP contribution in [0.5, 0.6) is 0 Å². The van der Waals surface area contributed by atoms with Gasteiger partial charge < -0.3 is 5.32 Å². The smallest absolute Gasteiger partial charge is 0.252 e. The van der Waals surface area contributed by atoms with Crippen LogP contribution < -0.4 is 5.32 Å². The van der Waals surface area contributed by atoms with E-state index in [1.807, 2.05) is 0 Å². The summed E-state index contributed by atoms with van der Waals surface area (Å²) in [6, 6.07) is 5.14. The number of halogens is 3. The molecule has 0 saturated carbocycles. The number of carbonyl (C=O) groups excluding carboxylic acids is 1. The zero-order chi connectivity index (χ0) is 13.7. The molecule has 18 heavy (non-hydrogen) atoms. The van der Waals surface area contributed by atoms with Crippen molar-refractivity contribution in [2.45, 2.75) is 25.1 Å². The Kier molecular flexibility index (Phi) is 6.67. The van der Waals surface area contributed by atoms with Gasteiger partial charge in [-0.25, -0.2) is 0 Å². The lowest BCUT2D eigenvalue weighted by atomic mass is 10.1. The van der Waals surface area contributed by atoms with Gasteiger partial charge in [-0.2, -0.15) is 0 Å². The van der Waals surface area contributed by atoms with Crippen molar-refractivity contribution in [2.75, 3.05) is 6.54 Å². The van der Waals surface area contributed by atoms with Gasteiger partial charge in [0.2, 0.25) is 0 Å². The minimum Gasteiger partial charge on any atom is -0.351 e. The minimum atomic E-state index is -0.0910. The number of nitrogens with one attached hydrogen (secondary N) is 1. The molecule has 2 nitrogen and oxygen atoms in total. The second-order valence-electron chi connectivity index (χ2n) is 4.56. The maximum absolute atomic E-state index is 12.0. The van der Waals surface area contributed by atoms with E-state index in [0.717, 1.165) is 6.42 Å². The lowest BCUT2D eigenvalue weighted by Crippen LogP contribution is -2.30. The molecule has 5 heteroatoms. The summed E-state index contributed by atoms with van der Waals surface area (Å²) in [5, 5.41) is 3.51. The van der Waals surface area contributed by atoms with Crippen LogP contribution in [-0.2, 0) is 0 Å². The van der Waals surface area contributed by atoms with Gasteiger partial charge in [0, 0.05) is 20.9 Å². The van der Waals surface area contributed by atoms with Crippen LogP contribution in [-0.4, -0.2) is 17.3 Å². The zero-order valence-corrected chi connectivity index (χ0v) is 14.3. The van der Waals surface area contributed by atoms with Gasteiger partial charge in [0.1, 0.15) is 0 Å². The van der Waals surface area contributed by atoms with Crippen LogP contribution in [0.25, 0.3) is 0 Å². The highest BCUT2D eigenvalue weighted by Crippen LogP contribution is 2.21. The van der Waals surface area contributed by atoms with E-state index in [4.69, 9.17) is 11.6 Å². The van der Waals surface area contributed by atoms with E-state index < -0.39 is 0 Å². The lowest BCUT2D eigenvalue weighted by molar-refractivity contribution is 0.0952. The molecule has 0 spiro atoms. The average molecular weight is 398 g/mol. The molecule has 1 unspecified atom stereocenters. The minimum absolute atomic E-state index is 0.0910. The van der Waals surface area contributed by atoms with Crippen LogP contribution in [0, 0.1) is 5.92 Å². The molecule has 1 aromatic rings. The Bertz CT molecular complexity index is 423. The van der Waals surface area contributed by atoms with Gasteiger partial charge in [-0.15, -0.1) is 0 Å². The van der Waals surface area contributed by atoms with Crippen molar-refractivity contribution in [3.63, 3.8) is 0 Å². The van der Waals surface area contributed by atoms with Gasteiger partial charge in [0.15, 0.2) is 0 Å². The van der Waals surface area contributed by atoms with Crippen LogP contribution in [0.2, 0.25) is 5.02 Å². The van der Waals surface area contributed by atoms with Gasteiger partial charge in [-0.3, -0.25) is 4.79 Å². The van der Waals surface area contributed by atoms with E-state index in [1.165, 1.54) is 0 Å². The normalized spacial score (nSPS) is 12.6. The third-order valence-corrected chi connectivity index (χ3v) is 3.98. The summed E-state index contributed by atoms with van der Waals surface area (Å²) in [4.78, 5) is 12.3. The topological polar surface area (TPSA) is 29.1 Å². The van der Waals surface area contributed by atoms with Crippen LogP contribution in [0.15, 0.2) is 22.7 Å². The van der Waals surface area contributed by atoms with E-state index in [-0.39, 0.29) is 5.91 Å². The van der Waals surface area contributed by atoms with Gasteiger partial charge in [0.25, 0.3) is 5.91 Å². The third kappa shape index (κ3) is 5.29. The second-order valence-corrected chi connectivity index (χ2v) is 7.15. The van der Waals surface area contributed by atoms with E-state index in [9.17, 15) is 4.79 Å². The van der Waals surface area contributed by atoms with E-state index >= 15 is 0 Å². The summed E-state index contributed by atoms with van der Waals surface area (Å²) in [5.74, 6) is 0.514. The molecule has 100 valence electrons. The molecule has 1 amide bonds. The predicted octanol–water partition coefficient (Wildman–Crippen LogP) is 4.64. The maximum atomic E-state index is 12.0. The van der Waals surface area contributed by atoms with Gasteiger partial charge in [-0.1, -0.05) is 41.4 Å². The number of carbonyl (C=O) groups is 1. The molecular formula is C13H16Br2ClNO. The Morgan fingerprint density at radius 1 is 1.44 bits per heavy atom. The van der Waals surface area contributed by atoms with Crippen molar-refractivity contribution >= 4 is 49.4 Å². The highest BCUT2D eigenvalue weighted by Gasteiger charge is 2.12. The van der Waals surface area contributed by atoms with Crippen molar-refractivity contribution < 1.29 is 4.79 Å². The summed E-state index contributed by atoms with van der Waals surface area (Å²) in [6.45, 7) is 4.93. The number of rotatable bonds is 5. The number of amides is 1. The molecule has 1 aromatic carbocycles. The molecule has 0 aliphatic heterocycles. The molecule has 0 aliphatic rings. The first-order chi connectivity index (χ1) is 8.40. The molecule has 0 aromatic heterocycles. The van der Waals surface area contributed by atoms with Crippen molar-refractivity contribution in [3.05, 3.63) is 33.3 Å². The molecule has 1 atom stereocenters. The van der Waals surface area contributed by atoms with E-state index in [2.05, 4.69) is 51.0 Å². The van der Waals surface area contributed by atoms with Crippen molar-refractivity contribution in [1.29, 1.82) is 0 Å². The maximum Gasteiger partial charge on any atom is 0.252 e. The summed E-state index contributed by atoms with van der Waals surface area (Å²) in [5.41, 5.74) is 0.601. The van der Waals surface area contributed by atoms with E-state index in [0.29, 0.717) is 32.3 Å². The van der Waals surface area contributed by atoms with Gasteiger partial charge >= 0.3 is 0 Å². The molecule has 0 saturated heterocycles. The number of hydrogen-bond donors (Lipinski definition) is 1. The lowest BCUT2D eigenvalue weighted by Gasteiger charge is -2.13. The molecule has 0 radical (unpaired) electrons. The molecular weight excluding hydrogens is 381 g/mol. The Balaban J connectivity index is 2.55. The second kappa shape index (κ2) is 7.51. The summed E-state index contributed by atoms with van der Waals surface area (Å²) in [7, 11) is 0. The Morgan fingerprint density at radius 3 is 2.67 bits per heavy atom. The SMILES string of the molecule is CC(C)CC(Br)CNC(=O)c1ccc(Cl)cc1Br. The van der Waals surface area contributed by atoms with Crippen LogP contribution in [0.1, 0.15) is 30.6 Å². The fourth-order valence-corrected chi connectivity index (χ4v) is 3.34. The summed E-state index contributed by atoms with van der Waals surface area (Å²) in [6.07, 6.45) is 1.03.